The van der Waals surface area contributed by atoms with Crippen LogP contribution < -0.4 is 0 Å². The van der Waals surface area contributed by atoms with Gasteiger partial charge in [-0.15, -0.1) is 0 Å². The van der Waals surface area contributed by atoms with Crippen LogP contribution in [0.2, 0.25) is 0 Å². The van der Waals surface area contributed by atoms with E-state index in [2.05, 4.69) is 19.9 Å². The van der Waals surface area contributed by atoms with Gasteiger partial charge in [-0.25, -0.2) is 15.0 Å². The number of hydrogen-bond donors (Lipinski definition) is 2. The minimum atomic E-state index is -1.06. The smallest absolute Gasteiger partial charge is 0.160 e. The van der Waals surface area contributed by atoms with E-state index in [9.17, 15) is 5.11 Å². The summed E-state index contributed by atoms with van der Waals surface area (Å²) in [5, 5.41) is 10.1. The number of aliphatic hydroxyl groups is 1. The molecule has 0 atom stereocenters. The van der Waals surface area contributed by atoms with Crippen LogP contribution in [0.15, 0.2) is 30.6 Å². The van der Waals surface area contributed by atoms with Crippen LogP contribution in [0.5, 0.6) is 0 Å². The van der Waals surface area contributed by atoms with Gasteiger partial charge in [-0.2, -0.15) is 0 Å². The summed E-state index contributed by atoms with van der Waals surface area (Å²) in [7, 11) is 0. The first-order chi connectivity index (χ1) is 9.43. The van der Waals surface area contributed by atoms with Gasteiger partial charge >= 0.3 is 0 Å². The van der Waals surface area contributed by atoms with Crippen molar-refractivity contribution >= 4 is 11.0 Å². The van der Waals surface area contributed by atoms with Gasteiger partial charge in [0.05, 0.1) is 23.1 Å². The van der Waals surface area contributed by atoms with Crippen molar-refractivity contribution in [2.45, 2.75) is 26.4 Å². The average molecular weight is 268 g/mol. The first kappa shape index (κ1) is 12.7. The van der Waals surface area contributed by atoms with Crippen molar-refractivity contribution in [3.63, 3.8) is 0 Å². The molecule has 20 heavy (non-hydrogen) atoms. The number of benzene rings is 1. The first-order valence-corrected chi connectivity index (χ1v) is 6.45. The fourth-order valence-corrected chi connectivity index (χ4v) is 2.08. The lowest BCUT2D eigenvalue weighted by atomic mass is 10.1. The highest BCUT2D eigenvalue weighted by molar-refractivity contribution is 5.80. The summed E-state index contributed by atoms with van der Waals surface area (Å²) in [4.78, 5) is 16.1. The van der Waals surface area contributed by atoms with Crippen LogP contribution in [-0.4, -0.2) is 25.0 Å². The van der Waals surface area contributed by atoms with E-state index < -0.39 is 5.60 Å². The minimum absolute atomic E-state index is 0.428. The lowest BCUT2D eigenvalue weighted by Gasteiger charge is -2.17. The molecule has 0 spiro atoms. The minimum Gasteiger partial charge on any atom is -0.382 e. The van der Waals surface area contributed by atoms with Crippen molar-refractivity contribution in [1.29, 1.82) is 0 Å². The molecule has 102 valence electrons. The molecule has 5 nitrogen and oxygen atoms in total. The van der Waals surface area contributed by atoms with E-state index in [0.717, 1.165) is 28.0 Å². The fourth-order valence-electron chi connectivity index (χ4n) is 2.08. The Morgan fingerprint density at radius 3 is 2.70 bits per heavy atom. The Morgan fingerprint density at radius 2 is 1.95 bits per heavy atom. The van der Waals surface area contributed by atoms with Crippen molar-refractivity contribution in [2.24, 2.45) is 0 Å². The van der Waals surface area contributed by atoms with E-state index in [1.807, 2.05) is 31.2 Å². The fraction of sp³-hybridized carbons (Fsp3) is 0.267. The third-order valence-electron chi connectivity index (χ3n) is 3.12. The second kappa shape index (κ2) is 4.38. The van der Waals surface area contributed by atoms with Gasteiger partial charge in [0.1, 0.15) is 5.60 Å². The average Bonchev–Trinajstić information content (AvgIpc) is 2.84. The number of aromatic amines is 1. The van der Waals surface area contributed by atoms with E-state index in [-0.39, 0.29) is 0 Å². The van der Waals surface area contributed by atoms with Crippen molar-refractivity contribution in [3.05, 3.63) is 42.1 Å². The van der Waals surface area contributed by atoms with E-state index in [1.54, 1.807) is 20.2 Å². The Kier molecular flexibility index (Phi) is 2.79. The molecule has 2 N–H and O–H groups in total. The zero-order valence-corrected chi connectivity index (χ0v) is 11.7. The molecule has 0 aliphatic heterocycles. The van der Waals surface area contributed by atoms with Gasteiger partial charge in [-0.1, -0.05) is 6.07 Å². The lowest BCUT2D eigenvalue weighted by Crippen LogP contribution is -2.20. The Labute approximate surface area is 116 Å². The maximum absolute atomic E-state index is 10.1. The van der Waals surface area contributed by atoms with Crippen molar-refractivity contribution < 1.29 is 5.11 Å². The number of aryl methyl sites for hydroxylation is 1. The summed E-state index contributed by atoms with van der Waals surface area (Å²) in [5.41, 5.74) is 3.42. The second-order valence-corrected chi connectivity index (χ2v) is 5.41. The topological polar surface area (TPSA) is 74.7 Å². The Bertz CT molecular complexity index is 771. The predicted molar refractivity (Wildman–Crippen MR) is 77.1 cm³/mol. The summed E-state index contributed by atoms with van der Waals surface area (Å²) in [6.07, 6.45) is 1.67. The normalized spacial score (nSPS) is 12.0. The third-order valence-corrected chi connectivity index (χ3v) is 3.12. The maximum Gasteiger partial charge on any atom is 0.160 e. The Morgan fingerprint density at radius 1 is 1.15 bits per heavy atom. The van der Waals surface area contributed by atoms with Crippen LogP contribution in [0.1, 0.15) is 25.4 Å². The van der Waals surface area contributed by atoms with Crippen molar-refractivity contribution in [3.8, 4) is 11.3 Å². The number of imidazole rings is 1. The maximum atomic E-state index is 10.1. The van der Waals surface area contributed by atoms with Gasteiger partial charge < -0.3 is 10.1 Å². The van der Waals surface area contributed by atoms with E-state index >= 15 is 0 Å². The quantitative estimate of drug-likeness (QED) is 0.749. The van der Waals surface area contributed by atoms with Crippen LogP contribution in [0, 0.1) is 6.92 Å². The molecule has 3 aromatic rings. The summed E-state index contributed by atoms with van der Waals surface area (Å²) >= 11 is 0. The standard InChI is InChI=1S/C15H16N4O/c1-9-6-12(19-14(18-9)15(2,3)20)10-4-5-11-13(7-10)17-8-16-11/h4-8,20H,1-3H3,(H,16,17). The number of aromatic nitrogens is 4. The molecule has 0 aliphatic carbocycles. The molecule has 2 heterocycles. The van der Waals surface area contributed by atoms with Crippen LogP contribution >= 0.6 is 0 Å². The first-order valence-electron chi connectivity index (χ1n) is 6.45. The van der Waals surface area contributed by atoms with Crippen LogP contribution in [0.3, 0.4) is 0 Å². The number of nitrogens with zero attached hydrogens (tertiary/aromatic N) is 3. The number of fused-ring (bicyclic) bond motifs is 1. The zero-order valence-electron chi connectivity index (χ0n) is 11.7. The largest absolute Gasteiger partial charge is 0.382 e. The van der Waals surface area contributed by atoms with E-state index in [4.69, 9.17) is 0 Å². The highest BCUT2D eigenvalue weighted by Gasteiger charge is 2.21. The van der Waals surface area contributed by atoms with Crippen LogP contribution in [-0.2, 0) is 5.60 Å². The highest BCUT2D eigenvalue weighted by atomic mass is 16.3. The van der Waals surface area contributed by atoms with Gasteiger partial charge in [0.2, 0.25) is 0 Å². The molecule has 0 radical (unpaired) electrons. The van der Waals surface area contributed by atoms with Crippen molar-refractivity contribution in [1.82, 2.24) is 19.9 Å². The number of rotatable bonds is 2. The molecule has 2 aromatic heterocycles. The van der Waals surface area contributed by atoms with Crippen LogP contribution in [0.25, 0.3) is 22.3 Å². The monoisotopic (exact) mass is 268 g/mol. The molecular weight excluding hydrogens is 252 g/mol. The molecule has 0 unspecified atom stereocenters. The molecule has 0 saturated heterocycles. The molecule has 0 amide bonds. The Hall–Kier alpha value is -2.27. The number of H-pyrrole nitrogens is 1. The van der Waals surface area contributed by atoms with Gasteiger partial charge in [0.25, 0.3) is 0 Å². The zero-order chi connectivity index (χ0) is 14.3. The molecule has 0 bridgehead atoms. The Balaban J connectivity index is 2.15. The molecule has 5 heteroatoms. The summed E-state index contributed by atoms with van der Waals surface area (Å²) in [6, 6.07) is 7.83. The van der Waals surface area contributed by atoms with Gasteiger partial charge in [0.15, 0.2) is 5.82 Å². The van der Waals surface area contributed by atoms with Crippen LogP contribution in [0.4, 0.5) is 0 Å². The van der Waals surface area contributed by atoms with E-state index in [0.29, 0.717) is 5.82 Å². The summed E-state index contributed by atoms with van der Waals surface area (Å²) < 4.78 is 0. The molecule has 0 aliphatic rings. The summed E-state index contributed by atoms with van der Waals surface area (Å²) in [6.45, 7) is 5.27. The highest BCUT2D eigenvalue weighted by Crippen LogP contribution is 2.24. The lowest BCUT2D eigenvalue weighted by molar-refractivity contribution is 0.0686. The molecule has 0 fully saturated rings. The summed E-state index contributed by atoms with van der Waals surface area (Å²) in [5.74, 6) is 0.428. The van der Waals surface area contributed by atoms with Gasteiger partial charge in [0, 0.05) is 11.3 Å². The van der Waals surface area contributed by atoms with E-state index in [1.165, 1.54) is 0 Å². The predicted octanol–water partition coefficient (Wildman–Crippen LogP) is 2.56. The number of nitrogens with one attached hydrogen (secondary N) is 1. The van der Waals surface area contributed by atoms with Gasteiger partial charge in [-0.3, -0.25) is 0 Å². The molecule has 3 rings (SSSR count). The SMILES string of the molecule is Cc1cc(-c2ccc3nc[nH]c3c2)nc(C(C)(C)O)n1. The number of hydrogen-bond acceptors (Lipinski definition) is 4. The molecular formula is C15H16N4O. The third kappa shape index (κ3) is 2.28. The second-order valence-electron chi connectivity index (χ2n) is 5.41. The van der Waals surface area contributed by atoms with Crippen molar-refractivity contribution in [2.75, 3.05) is 0 Å². The molecule has 1 aromatic carbocycles. The van der Waals surface area contributed by atoms with Gasteiger partial charge in [-0.05, 0) is 39.0 Å². The molecule has 0 saturated carbocycles.